The molecular weight excluding hydrogens is 1650 g/mol. The fraction of sp³-hybridized carbons (Fsp3) is 0.468. The SMILES string of the molecule is COc1cc(-c2[o+]c3cccc(O[C@@H]4O[C@H](CO)[C@@H](O)[C@H](O)[C@H]4O)c3cc2O[C@@H]2O[C@H](COC(=O)/C=C/c3ccc(O[C@@H]4O[C@H](COC(=O)C=Cc5ccc(O)c(O[C@@H]6O[C@H](CO)[C@@H](O)[C@H](O)[C@H]6O)c5)[C@@H](O)[C@H](O)[C@H]4O)c(O)c3)[C@@H](O)[C@H](O)[C@H]2O[C@@H]2O[C@H](COC(=O)C=Cc3ccc(O)c(O[C@@H]4O[C@H](CO)[C@@H](O)[C@H](O)[C@H]4O)c3)[C@@H](O)[C@H](O)[C@H]2O)ccc1O. The van der Waals surface area contributed by atoms with E-state index >= 15 is 0 Å². The minimum atomic E-state index is -2.29. The van der Waals surface area contributed by atoms with Crippen LogP contribution in [0.3, 0.4) is 0 Å². The summed E-state index contributed by atoms with van der Waals surface area (Å²) in [6.45, 7) is -5.02. The van der Waals surface area contributed by atoms with Crippen LogP contribution in [-0.4, -0.2) is 371 Å². The quantitative estimate of drug-likeness (QED) is 0.00899. The van der Waals surface area contributed by atoms with E-state index in [0.717, 1.165) is 60.7 Å². The Balaban J connectivity index is 0.740. The minimum absolute atomic E-state index is 0.0299. The molecule has 30 atom stereocenters. The van der Waals surface area contributed by atoms with E-state index in [1.165, 1.54) is 79.9 Å². The molecule has 0 spiro atoms. The highest BCUT2D eigenvalue weighted by molar-refractivity contribution is 5.89. The second kappa shape index (κ2) is 40.4. The standard InChI is InChI=1S/C79H90O44/c1-107-42-22-33(11-14-35(42)83)72-45(23-34-39(111-72)3-2-4-40(34)112-74-67(102)61(96)55(90)46(24-80)117-74)116-79-73(123-78-71(106)65(100)59(94)50(121-78)28-109-54(89)18-10-32-6-13-37(85)44(21-32)115-77-69(104)63(98)57(92)48(26-82)119-77)66(101)60(95)51(122-79)29-110-52(87)16-8-30-7-15-41(38(86)19-30)113-75-70(105)64(99)58(93)49(120-75)27-108-53(88)17-9-31-5-12-36(84)43(20-31)114-76-68(103)62(97)56(91)47(25-81)118-76/h2-23,46-51,55-71,73-82,90-106H,24-29H2,1H3,(H3-,83,84,85,86,88,89)/p+1/b16-8+/t46-,47-,48-,49-,50-,51-,55-,56-,57-,58-,59-,60-,61+,62+,63+,64+,65+,66+,67-,68-,69-,70-,71-,73-,74-,75-,76-,77-,78+,79-/m1/s1. The van der Waals surface area contributed by atoms with Crippen molar-refractivity contribution in [3.63, 3.8) is 0 Å². The molecule has 12 rings (SSSR count). The van der Waals surface area contributed by atoms with E-state index in [0.29, 0.717) is 0 Å². The lowest BCUT2D eigenvalue weighted by molar-refractivity contribution is -0.358. The van der Waals surface area contributed by atoms with Gasteiger partial charge >= 0.3 is 29.3 Å². The van der Waals surface area contributed by atoms with Gasteiger partial charge in [-0.2, -0.15) is 0 Å². The Morgan fingerprint density at radius 3 is 1.14 bits per heavy atom. The van der Waals surface area contributed by atoms with E-state index in [1.807, 2.05) is 0 Å². The fourth-order valence-corrected chi connectivity index (χ4v) is 13.5. The number of phenols is 4. The van der Waals surface area contributed by atoms with Crippen molar-refractivity contribution in [1.29, 1.82) is 0 Å². The van der Waals surface area contributed by atoms with Gasteiger partial charge in [-0.1, -0.05) is 18.2 Å². The molecule has 5 aromatic carbocycles. The molecule has 0 radical (unpaired) electrons. The molecule has 7 heterocycles. The van der Waals surface area contributed by atoms with Gasteiger partial charge in [0.25, 0.3) is 0 Å². The topological polar surface area (TPSA) is 696 Å². The first kappa shape index (κ1) is 92.2. The van der Waals surface area contributed by atoms with Crippen LogP contribution in [0.25, 0.3) is 40.5 Å². The lowest BCUT2D eigenvalue weighted by Gasteiger charge is -2.45. The number of rotatable bonds is 29. The average Bonchev–Trinajstić information content (AvgIpc) is 0.764. The molecule has 0 aliphatic carbocycles. The number of aliphatic hydroxyl groups is 20. The molecule has 0 bridgehead atoms. The van der Waals surface area contributed by atoms with Gasteiger partial charge < -0.3 is 198 Å². The van der Waals surface area contributed by atoms with Crippen LogP contribution in [0.2, 0.25) is 0 Å². The fourth-order valence-electron chi connectivity index (χ4n) is 13.5. The van der Waals surface area contributed by atoms with Gasteiger partial charge in [-0.3, -0.25) is 0 Å². The molecule has 44 heteroatoms. The molecular formula is C79H91O44+. The molecule has 670 valence electrons. The van der Waals surface area contributed by atoms with Gasteiger partial charge in [-0.25, -0.2) is 18.8 Å². The number of hydrogen-bond donors (Lipinski definition) is 24. The van der Waals surface area contributed by atoms with Crippen molar-refractivity contribution in [3.8, 4) is 68.8 Å². The van der Waals surface area contributed by atoms with Crippen molar-refractivity contribution >= 4 is 47.1 Å². The predicted molar refractivity (Wildman–Crippen MR) is 402 cm³/mol. The Kier molecular flexibility index (Phi) is 30.3. The monoisotopic (exact) mass is 1740 g/mol. The third kappa shape index (κ3) is 21.0. The first-order valence-corrected chi connectivity index (χ1v) is 37.8. The minimum Gasteiger partial charge on any atom is -0.504 e. The van der Waals surface area contributed by atoms with Crippen molar-refractivity contribution in [3.05, 3.63) is 132 Å². The van der Waals surface area contributed by atoms with Crippen LogP contribution in [0.1, 0.15) is 16.7 Å². The number of aromatic hydroxyl groups is 4. The van der Waals surface area contributed by atoms with Crippen molar-refractivity contribution in [2.24, 2.45) is 0 Å². The van der Waals surface area contributed by atoms with Crippen molar-refractivity contribution in [1.82, 2.24) is 0 Å². The van der Waals surface area contributed by atoms with E-state index < -0.39 is 271 Å². The first-order chi connectivity index (χ1) is 58.7. The molecule has 24 N–H and O–H groups in total. The summed E-state index contributed by atoms with van der Waals surface area (Å²) in [5.74, 6) is -7.42. The third-order valence-corrected chi connectivity index (χ3v) is 20.6. The van der Waals surface area contributed by atoms with Gasteiger partial charge in [0.15, 0.2) is 58.4 Å². The van der Waals surface area contributed by atoms with Gasteiger partial charge in [0.2, 0.25) is 37.2 Å². The predicted octanol–water partition coefficient (Wildman–Crippen LogP) is -6.28. The normalized spacial score (nSPS) is 34.2. The summed E-state index contributed by atoms with van der Waals surface area (Å²) in [5.41, 5.74) is 0.438. The Bertz CT molecular complexity index is 4700. The number of aliphatic hydroxyl groups excluding tert-OH is 20. The van der Waals surface area contributed by atoms with Crippen molar-refractivity contribution in [2.75, 3.05) is 46.8 Å². The van der Waals surface area contributed by atoms with Crippen LogP contribution in [0.4, 0.5) is 0 Å². The molecule has 0 amide bonds. The number of hydrogen-bond acceptors (Lipinski definition) is 43. The van der Waals surface area contributed by atoms with E-state index in [-0.39, 0.29) is 67.7 Å². The smallest absolute Gasteiger partial charge is 0.402 e. The Labute approximate surface area is 693 Å². The van der Waals surface area contributed by atoms with Gasteiger partial charge in [0.1, 0.15) is 171 Å². The lowest BCUT2D eigenvalue weighted by Crippen LogP contribution is -2.65. The Morgan fingerprint density at radius 1 is 0.341 bits per heavy atom. The summed E-state index contributed by atoms with van der Waals surface area (Å²) in [5, 5.41) is 256. The summed E-state index contributed by atoms with van der Waals surface area (Å²) in [6, 6.07) is 20.0. The number of methoxy groups -OCH3 is 1. The molecule has 6 aliphatic heterocycles. The highest BCUT2D eigenvalue weighted by Gasteiger charge is 2.55. The van der Waals surface area contributed by atoms with Crippen molar-refractivity contribution < 1.29 is 217 Å². The molecule has 6 aliphatic rings. The van der Waals surface area contributed by atoms with Crippen molar-refractivity contribution in [2.45, 2.75) is 184 Å². The maximum Gasteiger partial charge on any atom is 0.402 e. The van der Waals surface area contributed by atoms with Gasteiger partial charge in [-0.15, -0.1) is 0 Å². The maximum atomic E-state index is 13.6. The van der Waals surface area contributed by atoms with Crippen LogP contribution in [0.5, 0.6) is 57.5 Å². The number of phenolic OH excluding ortho intramolecular Hbond substituents is 4. The van der Waals surface area contributed by atoms with Gasteiger partial charge in [0, 0.05) is 36.4 Å². The van der Waals surface area contributed by atoms with Crippen LogP contribution in [0, 0.1) is 0 Å². The van der Waals surface area contributed by atoms with Crippen LogP contribution in [-0.2, 0) is 61.8 Å². The maximum absolute atomic E-state index is 13.6. The summed E-state index contributed by atoms with van der Waals surface area (Å²) in [6.07, 6.45) is -50.1. The molecule has 1 aromatic heterocycles. The number of esters is 3. The second-order valence-electron chi connectivity index (χ2n) is 28.9. The molecule has 0 saturated carbocycles. The summed E-state index contributed by atoms with van der Waals surface area (Å²) in [4.78, 5) is 39.8. The van der Waals surface area contributed by atoms with E-state index in [1.54, 1.807) is 0 Å². The summed E-state index contributed by atoms with van der Waals surface area (Å²) < 4.78 is 97.4. The highest BCUT2D eigenvalue weighted by Crippen LogP contribution is 2.44. The zero-order chi connectivity index (χ0) is 88.7. The first-order valence-electron chi connectivity index (χ1n) is 37.8. The molecule has 123 heavy (non-hydrogen) atoms. The van der Waals surface area contributed by atoms with E-state index in [4.69, 9.17) is 80.2 Å². The Morgan fingerprint density at radius 2 is 0.699 bits per heavy atom. The van der Waals surface area contributed by atoms with Gasteiger partial charge in [0.05, 0.1) is 32.5 Å². The number of carbonyl (C=O) groups is 3. The van der Waals surface area contributed by atoms with Crippen LogP contribution >= 0.6 is 0 Å². The van der Waals surface area contributed by atoms with Crippen LogP contribution < -0.4 is 28.4 Å². The molecule has 44 nitrogen and oxygen atoms in total. The summed E-state index contributed by atoms with van der Waals surface area (Å²) >= 11 is 0. The van der Waals surface area contributed by atoms with Gasteiger partial charge in [-0.05, 0) is 95.6 Å². The number of fused-ring (bicyclic) bond motifs is 1. The zero-order valence-corrected chi connectivity index (χ0v) is 64.2. The average molecular weight is 1740 g/mol. The third-order valence-electron chi connectivity index (χ3n) is 20.6. The Hall–Kier alpha value is -9.94. The van der Waals surface area contributed by atoms with Crippen LogP contribution in [0.15, 0.2) is 120 Å². The second-order valence-corrected chi connectivity index (χ2v) is 28.9. The number of ether oxygens (including phenoxy) is 16. The molecule has 0 unspecified atom stereocenters. The highest BCUT2D eigenvalue weighted by atomic mass is 16.8. The molecule has 6 saturated heterocycles. The van der Waals surface area contributed by atoms with E-state index in [2.05, 4.69) is 0 Å². The zero-order valence-electron chi connectivity index (χ0n) is 64.2. The molecule has 6 fully saturated rings. The number of benzene rings is 5. The lowest BCUT2D eigenvalue weighted by atomic mass is 9.97. The largest absolute Gasteiger partial charge is 0.504 e. The number of carbonyl (C=O) groups excluding carboxylic acids is 3. The summed E-state index contributed by atoms with van der Waals surface area (Å²) in [7, 11) is 1.23. The van der Waals surface area contributed by atoms with E-state index in [9.17, 15) is 137 Å². The molecule has 6 aromatic rings.